The zero-order chi connectivity index (χ0) is 21.8. The summed E-state index contributed by atoms with van der Waals surface area (Å²) in [5.41, 5.74) is 0.894. The van der Waals surface area contributed by atoms with Gasteiger partial charge in [-0.1, -0.05) is 35.3 Å². The minimum absolute atomic E-state index is 0.0185. The molecule has 9 heteroatoms. The summed E-state index contributed by atoms with van der Waals surface area (Å²) in [7, 11) is 0. The Hall–Kier alpha value is -2.90. The van der Waals surface area contributed by atoms with E-state index >= 15 is 0 Å². The van der Waals surface area contributed by atoms with Crippen molar-refractivity contribution in [3.63, 3.8) is 0 Å². The van der Waals surface area contributed by atoms with Gasteiger partial charge in [-0.15, -0.1) is 0 Å². The first kappa shape index (κ1) is 21.8. The van der Waals surface area contributed by atoms with Gasteiger partial charge in [-0.3, -0.25) is 19.7 Å². The maximum absolute atomic E-state index is 12.6. The number of nitro groups is 1. The second kappa shape index (κ2) is 9.28. The van der Waals surface area contributed by atoms with Crippen molar-refractivity contribution in [3.8, 4) is 11.1 Å². The van der Waals surface area contributed by atoms with Gasteiger partial charge in [0.1, 0.15) is 0 Å². The molecule has 30 heavy (non-hydrogen) atoms. The molecule has 1 radical (unpaired) electrons. The largest absolute Gasteiger partial charge is 0.339 e. The predicted octanol–water partition coefficient (Wildman–Crippen LogP) is 4.07. The fourth-order valence-corrected chi connectivity index (χ4v) is 3.77. The summed E-state index contributed by atoms with van der Waals surface area (Å²) >= 11 is 12.2. The molecule has 1 aliphatic rings. The van der Waals surface area contributed by atoms with Crippen molar-refractivity contribution in [3.05, 3.63) is 68.2 Å². The average molecular weight is 447 g/mol. The fourth-order valence-electron chi connectivity index (χ4n) is 3.27. The second-order valence-electron chi connectivity index (χ2n) is 6.70. The van der Waals surface area contributed by atoms with E-state index in [1.165, 1.54) is 31.2 Å². The van der Waals surface area contributed by atoms with Crippen molar-refractivity contribution < 1.29 is 14.5 Å². The van der Waals surface area contributed by atoms with Crippen LogP contribution in [0.3, 0.4) is 0 Å². The van der Waals surface area contributed by atoms with Crippen molar-refractivity contribution in [2.24, 2.45) is 0 Å². The molecule has 2 aromatic carbocycles. The smallest absolute Gasteiger partial charge is 0.285 e. The number of nitro benzene ring substituents is 1. The van der Waals surface area contributed by atoms with E-state index in [2.05, 4.69) is 6.07 Å². The minimum atomic E-state index is -0.541. The van der Waals surface area contributed by atoms with Crippen molar-refractivity contribution in [1.29, 1.82) is 0 Å². The maximum atomic E-state index is 12.6. The highest BCUT2D eigenvalue weighted by molar-refractivity contribution is 6.36. The topological polar surface area (TPSA) is 83.8 Å². The number of carbonyl (C=O) groups excluding carboxylic acids is 2. The van der Waals surface area contributed by atoms with Crippen molar-refractivity contribution in [2.75, 3.05) is 26.2 Å². The second-order valence-corrected chi connectivity index (χ2v) is 7.55. The van der Waals surface area contributed by atoms with Gasteiger partial charge < -0.3 is 9.80 Å². The maximum Gasteiger partial charge on any atom is 0.285 e. The Labute approximate surface area is 183 Å². The van der Waals surface area contributed by atoms with E-state index < -0.39 is 4.92 Å². The highest BCUT2D eigenvalue weighted by Crippen LogP contribution is 2.38. The highest BCUT2D eigenvalue weighted by atomic mass is 35.5. The predicted molar refractivity (Wildman–Crippen MR) is 115 cm³/mol. The Morgan fingerprint density at radius 2 is 1.80 bits per heavy atom. The molecule has 0 unspecified atom stereocenters. The molecule has 1 fully saturated rings. The van der Waals surface area contributed by atoms with E-state index in [9.17, 15) is 19.7 Å². The van der Waals surface area contributed by atoms with E-state index in [-0.39, 0.29) is 28.1 Å². The van der Waals surface area contributed by atoms with Crippen molar-refractivity contribution in [2.45, 2.75) is 6.92 Å². The van der Waals surface area contributed by atoms with Gasteiger partial charge in [-0.25, -0.2) is 0 Å². The molecule has 0 spiro atoms. The van der Waals surface area contributed by atoms with Crippen LogP contribution in [0, 0.1) is 16.2 Å². The van der Waals surface area contributed by atoms with Crippen LogP contribution in [0.15, 0.2) is 36.4 Å². The van der Waals surface area contributed by atoms with Crippen LogP contribution in [0.4, 0.5) is 5.69 Å². The summed E-state index contributed by atoms with van der Waals surface area (Å²) in [5.74, 6) is -0.253. The SMILES string of the molecule is CC(=O)N1CCN(C(=O)/C=C/c2cc[c]c([N+](=O)[O-])c2-c2ccc(Cl)cc2Cl)CC1. The van der Waals surface area contributed by atoms with Crippen molar-refractivity contribution in [1.82, 2.24) is 9.80 Å². The summed E-state index contributed by atoms with van der Waals surface area (Å²) in [6.07, 6.45) is 2.90. The van der Waals surface area contributed by atoms with E-state index in [0.717, 1.165) is 0 Å². The summed E-state index contributed by atoms with van der Waals surface area (Å²) in [6.45, 7) is 3.32. The summed E-state index contributed by atoms with van der Waals surface area (Å²) in [6, 6.07) is 10.4. The molecule has 1 aliphatic heterocycles. The normalized spacial score (nSPS) is 14.2. The van der Waals surface area contributed by atoms with Gasteiger partial charge in [0, 0.05) is 49.8 Å². The van der Waals surface area contributed by atoms with Gasteiger partial charge in [0.05, 0.1) is 21.6 Å². The first-order valence-electron chi connectivity index (χ1n) is 9.15. The Bertz CT molecular complexity index is 1030. The van der Waals surface area contributed by atoms with Crippen molar-refractivity contribution >= 4 is 46.8 Å². The molecule has 0 aliphatic carbocycles. The fraction of sp³-hybridized carbons (Fsp3) is 0.238. The van der Waals surface area contributed by atoms with Gasteiger partial charge in [-0.05, 0) is 29.8 Å². The van der Waals surface area contributed by atoms with Crippen LogP contribution >= 0.6 is 23.2 Å². The molecule has 7 nitrogen and oxygen atoms in total. The molecule has 2 amide bonds. The van der Waals surface area contributed by atoms with Crippen LogP contribution in [-0.4, -0.2) is 52.7 Å². The quantitative estimate of drug-likeness (QED) is 0.402. The Morgan fingerprint density at radius 1 is 1.13 bits per heavy atom. The third-order valence-corrected chi connectivity index (χ3v) is 5.38. The molecule has 0 N–H and O–H groups in total. The molecule has 3 rings (SSSR count). The molecule has 0 aromatic heterocycles. The highest BCUT2D eigenvalue weighted by Gasteiger charge is 2.23. The number of rotatable bonds is 4. The lowest BCUT2D eigenvalue weighted by Crippen LogP contribution is -2.49. The van der Waals surface area contributed by atoms with Crippen LogP contribution in [0.25, 0.3) is 17.2 Å². The zero-order valence-electron chi connectivity index (χ0n) is 16.1. The molecule has 0 saturated carbocycles. The third-order valence-electron chi connectivity index (χ3n) is 4.83. The molecule has 1 saturated heterocycles. The first-order valence-corrected chi connectivity index (χ1v) is 9.90. The molecular weight excluding hydrogens is 429 g/mol. The molecule has 0 atom stereocenters. The Kier molecular flexibility index (Phi) is 6.74. The Balaban J connectivity index is 1.91. The van der Waals surface area contributed by atoms with Gasteiger partial charge >= 0.3 is 0 Å². The monoisotopic (exact) mass is 446 g/mol. The lowest BCUT2D eigenvalue weighted by molar-refractivity contribution is -0.384. The van der Waals surface area contributed by atoms with Crippen LogP contribution in [0.1, 0.15) is 12.5 Å². The lowest BCUT2D eigenvalue weighted by atomic mass is 9.97. The number of hydrogen-bond acceptors (Lipinski definition) is 4. The summed E-state index contributed by atoms with van der Waals surface area (Å²) in [4.78, 5) is 38.3. The molecule has 155 valence electrons. The third kappa shape index (κ3) is 4.80. The lowest BCUT2D eigenvalue weighted by Gasteiger charge is -2.33. The Morgan fingerprint density at radius 3 is 2.40 bits per heavy atom. The van der Waals surface area contributed by atoms with E-state index in [4.69, 9.17) is 23.2 Å². The number of nitrogens with zero attached hydrogens (tertiary/aromatic N) is 3. The number of benzene rings is 2. The van der Waals surface area contributed by atoms with Crippen LogP contribution in [0.2, 0.25) is 10.0 Å². The van der Waals surface area contributed by atoms with Gasteiger partial charge in [0.15, 0.2) is 0 Å². The zero-order valence-corrected chi connectivity index (χ0v) is 17.6. The van der Waals surface area contributed by atoms with Gasteiger partial charge in [-0.2, -0.15) is 0 Å². The van der Waals surface area contributed by atoms with Crippen LogP contribution in [-0.2, 0) is 9.59 Å². The molecule has 2 aromatic rings. The van der Waals surface area contributed by atoms with Crippen LogP contribution in [0.5, 0.6) is 0 Å². The minimum Gasteiger partial charge on any atom is -0.339 e. The number of hydrogen-bond donors (Lipinski definition) is 0. The first-order chi connectivity index (χ1) is 14.3. The van der Waals surface area contributed by atoms with E-state index in [1.54, 1.807) is 28.0 Å². The molecule has 0 bridgehead atoms. The standard InChI is InChI=1S/C21H18Cl2N3O4/c1-14(27)24-9-11-25(12-10-24)20(28)8-5-15-3-2-4-19(26(29)30)21(15)17-7-6-16(22)13-18(17)23/h2-3,5-8,13H,9-12H2,1H3/b8-5+. The number of amides is 2. The van der Waals surface area contributed by atoms with E-state index in [0.29, 0.717) is 42.3 Å². The van der Waals surface area contributed by atoms with Crippen LogP contribution < -0.4 is 0 Å². The number of piperazine rings is 1. The average Bonchev–Trinajstić information content (AvgIpc) is 2.72. The number of halogens is 2. The van der Waals surface area contributed by atoms with Gasteiger partial charge in [0.25, 0.3) is 5.69 Å². The molecular formula is C21H18Cl2N3O4. The van der Waals surface area contributed by atoms with E-state index in [1.807, 2.05) is 0 Å². The number of carbonyl (C=O) groups is 2. The summed E-state index contributed by atoms with van der Waals surface area (Å²) in [5, 5.41) is 12.2. The van der Waals surface area contributed by atoms with Gasteiger partial charge in [0.2, 0.25) is 11.8 Å². The molecule has 1 heterocycles. The summed E-state index contributed by atoms with van der Waals surface area (Å²) < 4.78 is 0.